The van der Waals surface area contributed by atoms with Crippen molar-refractivity contribution in [3.05, 3.63) is 83.4 Å². The van der Waals surface area contributed by atoms with Crippen LogP contribution in [0, 0.1) is 13.8 Å². The van der Waals surface area contributed by atoms with Gasteiger partial charge in [-0.25, -0.2) is 21.6 Å². The third kappa shape index (κ3) is 6.95. The first-order chi connectivity index (χ1) is 17.5. The lowest BCUT2D eigenvalue weighted by molar-refractivity contribution is -0.116. The van der Waals surface area contributed by atoms with Gasteiger partial charge in [0.15, 0.2) is 0 Å². The summed E-state index contributed by atoms with van der Waals surface area (Å²) in [5.74, 6) is -0.0385. The molecule has 2 N–H and O–H groups in total. The van der Waals surface area contributed by atoms with Crippen LogP contribution in [0.15, 0.2) is 76.5 Å². The Balaban J connectivity index is 1.90. The summed E-state index contributed by atoms with van der Waals surface area (Å²) >= 11 is 0. The van der Waals surface area contributed by atoms with Crippen LogP contribution in [0.25, 0.3) is 0 Å². The number of sulfonamides is 2. The standard InChI is InChI=1S/C26H31N3O6S2/c1-19-10-11-22(36(31,32)27-3)17-24(19)28-26(30)18-29(15-14-21-8-6-5-7-9-21)37(33,34)23-12-13-25(35-4)20(2)16-23/h5-13,16-17,27H,14-15,18H2,1-4H3,(H,28,30). The number of carbonyl (C=O) groups is 1. The lowest BCUT2D eigenvalue weighted by Gasteiger charge is -2.23. The molecule has 0 aliphatic carbocycles. The Morgan fingerprint density at radius 3 is 2.19 bits per heavy atom. The molecule has 9 nitrogen and oxygen atoms in total. The van der Waals surface area contributed by atoms with E-state index >= 15 is 0 Å². The number of hydrogen-bond donors (Lipinski definition) is 2. The van der Waals surface area contributed by atoms with Crippen molar-refractivity contribution >= 4 is 31.6 Å². The number of hydrogen-bond acceptors (Lipinski definition) is 6. The molecular formula is C26H31N3O6S2. The van der Waals surface area contributed by atoms with E-state index in [4.69, 9.17) is 4.74 Å². The summed E-state index contributed by atoms with van der Waals surface area (Å²) in [4.78, 5) is 13.1. The van der Waals surface area contributed by atoms with Gasteiger partial charge in [-0.1, -0.05) is 36.4 Å². The van der Waals surface area contributed by atoms with Crippen LogP contribution < -0.4 is 14.8 Å². The Kier molecular flexibility index (Phi) is 9.08. The normalized spacial score (nSPS) is 11.9. The predicted molar refractivity (Wildman–Crippen MR) is 143 cm³/mol. The number of ether oxygens (including phenoxy) is 1. The van der Waals surface area contributed by atoms with Gasteiger partial charge in [-0.3, -0.25) is 4.79 Å². The van der Waals surface area contributed by atoms with Crippen LogP contribution in [0.3, 0.4) is 0 Å². The van der Waals surface area contributed by atoms with Crippen molar-refractivity contribution in [2.24, 2.45) is 0 Å². The van der Waals surface area contributed by atoms with Crippen molar-refractivity contribution in [2.75, 3.05) is 32.6 Å². The topological polar surface area (TPSA) is 122 Å². The molecule has 3 rings (SSSR count). The zero-order valence-corrected chi connectivity index (χ0v) is 22.8. The first-order valence-electron chi connectivity index (χ1n) is 11.5. The molecule has 0 radical (unpaired) electrons. The highest BCUT2D eigenvalue weighted by molar-refractivity contribution is 7.89. The van der Waals surface area contributed by atoms with Crippen LogP contribution in [0.4, 0.5) is 5.69 Å². The number of rotatable bonds is 11. The van der Waals surface area contributed by atoms with Gasteiger partial charge in [-0.15, -0.1) is 0 Å². The smallest absolute Gasteiger partial charge is 0.243 e. The zero-order valence-electron chi connectivity index (χ0n) is 21.2. The molecule has 0 atom stereocenters. The third-order valence-corrected chi connectivity index (χ3v) is 9.13. The molecule has 3 aromatic rings. The summed E-state index contributed by atoms with van der Waals surface area (Å²) in [6, 6.07) is 18.3. The average molecular weight is 546 g/mol. The van der Waals surface area contributed by atoms with Crippen LogP contribution in [0.5, 0.6) is 5.75 Å². The monoisotopic (exact) mass is 545 g/mol. The highest BCUT2D eigenvalue weighted by Crippen LogP contribution is 2.25. The maximum absolute atomic E-state index is 13.6. The summed E-state index contributed by atoms with van der Waals surface area (Å²) in [6.07, 6.45) is 0.400. The average Bonchev–Trinajstić information content (AvgIpc) is 2.88. The number of amides is 1. The summed E-state index contributed by atoms with van der Waals surface area (Å²) < 4.78 is 60.2. The molecule has 0 unspecified atom stereocenters. The second-order valence-corrected chi connectivity index (χ2v) is 12.3. The number of carbonyl (C=O) groups excluding carboxylic acids is 1. The lowest BCUT2D eigenvalue weighted by atomic mass is 10.1. The molecule has 37 heavy (non-hydrogen) atoms. The number of anilines is 1. The van der Waals surface area contributed by atoms with Gasteiger partial charge >= 0.3 is 0 Å². The van der Waals surface area contributed by atoms with E-state index in [0.717, 1.165) is 9.87 Å². The van der Waals surface area contributed by atoms with Crippen LogP contribution in [-0.4, -0.2) is 54.3 Å². The highest BCUT2D eigenvalue weighted by atomic mass is 32.2. The first-order valence-corrected chi connectivity index (χ1v) is 14.4. The van der Waals surface area contributed by atoms with E-state index in [1.54, 1.807) is 26.0 Å². The second kappa shape index (κ2) is 11.9. The van der Waals surface area contributed by atoms with Crippen molar-refractivity contribution in [1.82, 2.24) is 9.03 Å². The Morgan fingerprint density at radius 1 is 0.892 bits per heavy atom. The van der Waals surface area contributed by atoms with Crippen molar-refractivity contribution < 1.29 is 26.4 Å². The van der Waals surface area contributed by atoms with Crippen molar-refractivity contribution in [3.8, 4) is 5.75 Å². The molecule has 0 aromatic heterocycles. The predicted octanol–water partition coefficient (Wildman–Crippen LogP) is 3.09. The van der Waals surface area contributed by atoms with Crippen LogP contribution >= 0.6 is 0 Å². The minimum absolute atomic E-state index is 0.0156. The largest absolute Gasteiger partial charge is 0.496 e. The quantitative estimate of drug-likeness (QED) is 0.382. The molecule has 198 valence electrons. The van der Waals surface area contributed by atoms with E-state index in [1.165, 1.54) is 38.4 Å². The number of nitrogens with zero attached hydrogens (tertiary/aromatic N) is 1. The molecule has 0 spiro atoms. The zero-order chi connectivity index (χ0) is 27.2. The van der Waals surface area contributed by atoms with E-state index in [0.29, 0.717) is 23.3 Å². The summed E-state index contributed by atoms with van der Waals surface area (Å²) in [5.41, 5.74) is 2.49. The molecule has 11 heteroatoms. The van der Waals surface area contributed by atoms with Gasteiger partial charge < -0.3 is 10.1 Å². The molecule has 0 aliphatic rings. The fourth-order valence-corrected chi connectivity index (χ4v) is 5.95. The molecule has 0 bridgehead atoms. The third-order valence-electron chi connectivity index (χ3n) is 5.88. The fourth-order valence-electron chi connectivity index (χ4n) is 3.71. The van der Waals surface area contributed by atoms with Gasteiger partial charge in [-0.2, -0.15) is 4.31 Å². The first kappa shape index (κ1) is 28.3. The highest BCUT2D eigenvalue weighted by Gasteiger charge is 2.27. The SMILES string of the molecule is CNS(=O)(=O)c1ccc(C)c(NC(=O)CN(CCc2ccccc2)S(=O)(=O)c2ccc(OC)c(C)c2)c1. The molecule has 1 amide bonds. The van der Waals surface area contributed by atoms with Gasteiger partial charge in [0.2, 0.25) is 26.0 Å². The van der Waals surface area contributed by atoms with Gasteiger partial charge in [0, 0.05) is 12.2 Å². The van der Waals surface area contributed by atoms with Gasteiger partial charge in [-0.05, 0) is 74.3 Å². The van der Waals surface area contributed by atoms with Gasteiger partial charge in [0.05, 0.1) is 23.4 Å². The Bertz CT molecular complexity index is 1470. The Morgan fingerprint density at radius 2 is 1.57 bits per heavy atom. The number of nitrogens with one attached hydrogen (secondary N) is 2. The fraction of sp³-hybridized carbons (Fsp3) is 0.269. The van der Waals surface area contributed by atoms with Gasteiger partial charge in [0.25, 0.3) is 0 Å². The van der Waals surface area contributed by atoms with Crippen molar-refractivity contribution in [3.63, 3.8) is 0 Å². The van der Waals surface area contributed by atoms with Gasteiger partial charge in [0.1, 0.15) is 5.75 Å². The maximum atomic E-state index is 13.6. The maximum Gasteiger partial charge on any atom is 0.243 e. The van der Waals surface area contributed by atoms with E-state index in [-0.39, 0.29) is 22.0 Å². The van der Waals surface area contributed by atoms with E-state index < -0.39 is 32.5 Å². The molecule has 0 saturated carbocycles. The van der Waals surface area contributed by atoms with E-state index in [1.807, 2.05) is 30.3 Å². The van der Waals surface area contributed by atoms with Crippen LogP contribution in [0.1, 0.15) is 16.7 Å². The summed E-state index contributed by atoms with van der Waals surface area (Å²) in [5, 5.41) is 2.67. The Hall–Kier alpha value is -3.25. The van der Waals surface area contributed by atoms with E-state index in [2.05, 4.69) is 10.0 Å². The summed E-state index contributed by atoms with van der Waals surface area (Å²) in [7, 11) is -4.96. The lowest BCUT2D eigenvalue weighted by Crippen LogP contribution is -2.39. The molecule has 0 heterocycles. The number of aryl methyl sites for hydroxylation is 2. The van der Waals surface area contributed by atoms with Crippen molar-refractivity contribution in [1.29, 1.82) is 0 Å². The van der Waals surface area contributed by atoms with Crippen LogP contribution in [0.2, 0.25) is 0 Å². The molecule has 0 aliphatic heterocycles. The number of benzene rings is 3. The minimum Gasteiger partial charge on any atom is -0.496 e. The molecule has 0 fully saturated rings. The molecule has 3 aromatic carbocycles. The minimum atomic E-state index is -4.04. The summed E-state index contributed by atoms with van der Waals surface area (Å²) in [6.45, 7) is 3.07. The Labute approximate surface area is 218 Å². The number of methoxy groups -OCH3 is 1. The van der Waals surface area contributed by atoms with Crippen LogP contribution in [-0.2, 0) is 31.3 Å². The van der Waals surface area contributed by atoms with Crippen molar-refractivity contribution in [2.45, 2.75) is 30.1 Å². The second-order valence-electron chi connectivity index (χ2n) is 8.44. The molecular weight excluding hydrogens is 514 g/mol. The van der Waals surface area contributed by atoms with E-state index in [9.17, 15) is 21.6 Å². The molecule has 0 saturated heterocycles.